The second-order valence-electron chi connectivity index (χ2n) is 12.1. The lowest BCUT2D eigenvalue weighted by atomic mass is 9.79. The van der Waals surface area contributed by atoms with Crippen LogP contribution in [0.25, 0.3) is 43.9 Å². The summed E-state index contributed by atoms with van der Waals surface area (Å²) in [5, 5.41) is 4.38. The first-order valence-electron chi connectivity index (χ1n) is 14.4. The zero-order chi connectivity index (χ0) is 28.6. The fourth-order valence-corrected chi connectivity index (χ4v) is 5.91. The zero-order valence-corrected chi connectivity index (χ0v) is 24.0. The molecule has 0 aliphatic carbocycles. The molecule has 0 saturated carbocycles. The lowest BCUT2D eigenvalue weighted by molar-refractivity contribution is 0.00578. The van der Waals surface area contributed by atoms with E-state index in [1.54, 1.807) is 0 Å². The van der Waals surface area contributed by atoms with Gasteiger partial charge in [0.05, 0.1) is 11.2 Å². The van der Waals surface area contributed by atoms with Gasteiger partial charge >= 0.3 is 7.12 Å². The second-order valence-corrected chi connectivity index (χ2v) is 12.1. The van der Waals surface area contributed by atoms with E-state index in [-0.39, 0.29) is 0 Å². The molecule has 5 nitrogen and oxygen atoms in total. The Kier molecular flexibility index (Phi) is 5.40. The molecule has 1 fully saturated rings. The first kappa shape index (κ1) is 25.2. The number of anilines is 3. The van der Waals surface area contributed by atoms with E-state index in [2.05, 4.69) is 105 Å². The molecule has 2 aromatic heterocycles. The van der Waals surface area contributed by atoms with E-state index in [9.17, 15) is 0 Å². The maximum absolute atomic E-state index is 6.32. The highest BCUT2D eigenvalue weighted by Crippen LogP contribution is 2.41. The molecule has 42 heavy (non-hydrogen) atoms. The van der Waals surface area contributed by atoms with Gasteiger partial charge in [0.15, 0.2) is 0 Å². The van der Waals surface area contributed by atoms with Crippen LogP contribution in [0.15, 0.2) is 118 Å². The number of hydrogen-bond acceptors (Lipinski definition) is 5. The van der Waals surface area contributed by atoms with Crippen LogP contribution in [0.2, 0.25) is 0 Å². The molecule has 0 atom stereocenters. The normalized spacial score (nSPS) is 16.2. The summed E-state index contributed by atoms with van der Waals surface area (Å²) in [6.07, 6.45) is 0. The molecule has 1 aliphatic rings. The Hall–Kier alpha value is -4.52. The molecule has 1 saturated heterocycles. The van der Waals surface area contributed by atoms with E-state index < -0.39 is 18.3 Å². The van der Waals surface area contributed by atoms with Crippen molar-refractivity contribution in [3.05, 3.63) is 109 Å². The molecule has 0 N–H and O–H groups in total. The fraction of sp³-hybridized carbons (Fsp3) is 0.167. The van der Waals surface area contributed by atoms with Gasteiger partial charge in [-0.3, -0.25) is 0 Å². The van der Waals surface area contributed by atoms with Gasteiger partial charge in [-0.05, 0) is 87.8 Å². The van der Waals surface area contributed by atoms with Crippen LogP contribution in [0.3, 0.4) is 0 Å². The fourth-order valence-electron chi connectivity index (χ4n) is 5.91. The minimum atomic E-state index is -0.418. The molecule has 0 bridgehead atoms. The van der Waals surface area contributed by atoms with E-state index >= 15 is 0 Å². The summed E-state index contributed by atoms with van der Waals surface area (Å²) in [5.74, 6) is 0. The highest BCUT2D eigenvalue weighted by molar-refractivity contribution is 6.62. The number of nitrogens with zero attached hydrogens (tertiary/aromatic N) is 1. The van der Waals surface area contributed by atoms with Gasteiger partial charge in [-0.15, -0.1) is 0 Å². The van der Waals surface area contributed by atoms with E-state index in [0.717, 1.165) is 66.4 Å². The van der Waals surface area contributed by atoms with Crippen molar-refractivity contribution in [2.75, 3.05) is 4.90 Å². The van der Waals surface area contributed by atoms with Crippen molar-refractivity contribution < 1.29 is 18.1 Å². The van der Waals surface area contributed by atoms with Crippen molar-refractivity contribution in [2.24, 2.45) is 0 Å². The Morgan fingerprint density at radius 2 is 0.976 bits per heavy atom. The van der Waals surface area contributed by atoms with Crippen molar-refractivity contribution in [3.8, 4) is 0 Å². The van der Waals surface area contributed by atoms with Gasteiger partial charge in [0, 0.05) is 44.7 Å². The molecular formula is C36H30BNO4. The minimum Gasteiger partial charge on any atom is -0.456 e. The van der Waals surface area contributed by atoms with E-state index in [1.807, 2.05) is 36.4 Å². The number of furan rings is 2. The number of hydrogen-bond donors (Lipinski definition) is 0. The number of benzene rings is 5. The molecule has 7 aromatic rings. The summed E-state index contributed by atoms with van der Waals surface area (Å²) in [5.41, 5.74) is 6.71. The Morgan fingerprint density at radius 3 is 1.67 bits per heavy atom. The van der Waals surface area contributed by atoms with Crippen molar-refractivity contribution in [2.45, 2.75) is 38.9 Å². The molecule has 0 amide bonds. The van der Waals surface area contributed by atoms with Gasteiger partial charge in [-0.2, -0.15) is 0 Å². The van der Waals surface area contributed by atoms with Crippen molar-refractivity contribution in [3.63, 3.8) is 0 Å². The molecule has 206 valence electrons. The lowest BCUT2D eigenvalue weighted by Crippen LogP contribution is -2.41. The second kappa shape index (κ2) is 8.99. The van der Waals surface area contributed by atoms with Gasteiger partial charge < -0.3 is 23.0 Å². The Balaban J connectivity index is 1.26. The van der Waals surface area contributed by atoms with Crippen LogP contribution in [-0.4, -0.2) is 18.3 Å². The van der Waals surface area contributed by atoms with E-state index in [4.69, 9.17) is 18.1 Å². The first-order valence-corrected chi connectivity index (χ1v) is 14.4. The van der Waals surface area contributed by atoms with Crippen LogP contribution in [0.5, 0.6) is 0 Å². The molecule has 8 rings (SSSR count). The van der Waals surface area contributed by atoms with Crippen molar-refractivity contribution in [1.82, 2.24) is 0 Å². The monoisotopic (exact) mass is 551 g/mol. The average molecular weight is 551 g/mol. The highest BCUT2D eigenvalue weighted by atomic mass is 16.7. The SMILES string of the molecule is CC1(C)OB(c2ccc(N(c3ccc4c(c3)oc3ccccc34)c3ccc4oc5ccccc5c4c3)cc2)OC1(C)C. The number of rotatable bonds is 4. The third-order valence-corrected chi connectivity index (χ3v) is 8.92. The molecule has 6 heteroatoms. The van der Waals surface area contributed by atoms with Crippen LogP contribution in [0.1, 0.15) is 27.7 Å². The highest BCUT2D eigenvalue weighted by Gasteiger charge is 2.51. The summed E-state index contributed by atoms with van der Waals surface area (Å²) >= 11 is 0. The van der Waals surface area contributed by atoms with Crippen LogP contribution in [0.4, 0.5) is 17.1 Å². The number of para-hydroxylation sites is 2. The molecule has 0 spiro atoms. The smallest absolute Gasteiger partial charge is 0.456 e. The van der Waals surface area contributed by atoms with Crippen molar-refractivity contribution in [1.29, 1.82) is 0 Å². The molecule has 0 unspecified atom stereocenters. The molecule has 5 aromatic carbocycles. The lowest BCUT2D eigenvalue weighted by Gasteiger charge is -2.32. The first-order chi connectivity index (χ1) is 20.3. The standard InChI is InChI=1S/C36H30BNO4/c1-35(2)36(3,4)42-37(41-35)23-13-15-24(16-14-23)38(25-18-20-33-30(21-25)28-10-6-8-12-32(28)39-33)26-17-19-29-27-9-5-7-11-31(27)40-34(29)22-26/h5-22H,1-4H3. The summed E-state index contributed by atoms with van der Waals surface area (Å²) in [7, 11) is -0.418. The van der Waals surface area contributed by atoms with Gasteiger partial charge in [-0.1, -0.05) is 48.5 Å². The topological polar surface area (TPSA) is 48.0 Å². The number of fused-ring (bicyclic) bond motifs is 6. The predicted octanol–water partition coefficient (Wildman–Crippen LogP) is 9.25. The summed E-state index contributed by atoms with van der Waals surface area (Å²) in [6, 6.07) is 37.6. The van der Waals surface area contributed by atoms with Gasteiger partial charge in [-0.25, -0.2) is 0 Å². The molecule has 1 aliphatic heterocycles. The average Bonchev–Trinajstić information content (AvgIpc) is 3.61. The maximum Gasteiger partial charge on any atom is 0.494 e. The predicted molar refractivity (Wildman–Crippen MR) is 171 cm³/mol. The molecular weight excluding hydrogens is 521 g/mol. The van der Waals surface area contributed by atoms with E-state index in [0.29, 0.717) is 0 Å². The third kappa shape index (κ3) is 3.87. The summed E-state index contributed by atoms with van der Waals surface area (Å²) in [4.78, 5) is 2.25. The molecule has 0 radical (unpaired) electrons. The van der Waals surface area contributed by atoms with Crippen molar-refractivity contribution >= 4 is 73.5 Å². The van der Waals surface area contributed by atoms with Crippen LogP contribution < -0.4 is 10.4 Å². The third-order valence-electron chi connectivity index (χ3n) is 8.92. The zero-order valence-electron chi connectivity index (χ0n) is 24.0. The van der Waals surface area contributed by atoms with Crippen LogP contribution in [-0.2, 0) is 9.31 Å². The minimum absolute atomic E-state index is 0.396. The summed E-state index contributed by atoms with van der Waals surface area (Å²) < 4.78 is 25.1. The van der Waals surface area contributed by atoms with Gasteiger partial charge in [0.2, 0.25) is 0 Å². The summed E-state index contributed by atoms with van der Waals surface area (Å²) in [6.45, 7) is 8.31. The Labute approximate surface area is 244 Å². The van der Waals surface area contributed by atoms with Gasteiger partial charge in [0.1, 0.15) is 22.3 Å². The maximum atomic E-state index is 6.32. The van der Waals surface area contributed by atoms with Crippen LogP contribution in [0, 0.1) is 0 Å². The quantitative estimate of drug-likeness (QED) is 0.204. The van der Waals surface area contributed by atoms with Crippen LogP contribution >= 0.6 is 0 Å². The largest absolute Gasteiger partial charge is 0.494 e. The Morgan fingerprint density at radius 1 is 0.476 bits per heavy atom. The van der Waals surface area contributed by atoms with E-state index in [1.165, 1.54) is 0 Å². The molecule has 3 heterocycles. The van der Waals surface area contributed by atoms with Gasteiger partial charge in [0.25, 0.3) is 0 Å². The Bertz CT molecular complexity index is 2110.